The Morgan fingerprint density at radius 3 is 2.27 bits per heavy atom. The molecule has 114 valence electrons. The highest BCUT2D eigenvalue weighted by atomic mass is 35.5. The SMILES string of the molecule is CC(C)n1c(=O)ccc2c1ccn2-c1c(Cl)cc(N)cc1Cl. The van der Waals surface area contributed by atoms with E-state index in [1.54, 1.807) is 28.8 Å². The molecule has 0 saturated heterocycles. The lowest BCUT2D eigenvalue weighted by molar-refractivity contribution is 0.600. The van der Waals surface area contributed by atoms with E-state index in [2.05, 4.69) is 0 Å². The lowest BCUT2D eigenvalue weighted by Crippen LogP contribution is -2.20. The van der Waals surface area contributed by atoms with Gasteiger partial charge in [-0.25, -0.2) is 0 Å². The van der Waals surface area contributed by atoms with Crippen LogP contribution in [0.3, 0.4) is 0 Å². The Hall–Kier alpha value is -1.91. The Morgan fingerprint density at radius 2 is 1.68 bits per heavy atom. The zero-order valence-electron chi connectivity index (χ0n) is 12.2. The second kappa shape index (κ2) is 5.38. The molecule has 2 aromatic heterocycles. The molecule has 0 fully saturated rings. The Balaban J connectivity index is 2.36. The largest absolute Gasteiger partial charge is 0.399 e. The van der Waals surface area contributed by atoms with Crippen molar-refractivity contribution in [2.75, 3.05) is 5.73 Å². The van der Waals surface area contributed by atoms with Gasteiger partial charge in [-0.1, -0.05) is 23.2 Å². The van der Waals surface area contributed by atoms with E-state index in [1.807, 2.05) is 30.7 Å². The van der Waals surface area contributed by atoms with Crippen molar-refractivity contribution in [2.45, 2.75) is 19.9 Å². The number of hydrogen-bond donors (Lipinski definition) is 1. The van der Waals surface area contributed by atoms with Gasteiger partial charge in [0.05, 0.1) is 26.8 Å². The van der Waals surface area contributed by atoms with Gasteiger partial charge in [-0.05, 0) is 38.1 Å². The molecule has 2 N–H and O–H groups in total. The van der Waals surface area contributed by atoms with E-state index in [9.17, 15) is 4.79 Å². The van der Waals surface area contributed by atoms with Crippen LogP contribution in [-0.4, -0.2) is 9.13 Å². The van der Waals surface area contributed by atoms with Gasteiger partial charge in [0.25, 0.3) is 5.56 Å². The summed E-state index contributed by atoms with van der Waals surface area (Å²) in [5.41, 5.74) is 8.59. The number of benzene rings is 1. The van der Waals surface area contributed by atoms with Crippen LogP contribution in [0.2, 0.25) is 10.0 Å². The number of pyridine rings is 1. The summed E-state index contributed by atoms with van der Waals surface area (Å²) in [4.78, 5) is 12.1. The zero-order valence-corrected chi connectivity index (χ0v) is 13.7. The average Bonchev–Trinajstić information content (AvgIpc) is 2.80. The molecule has 0 atom stereocenters. The first kappa shape index (κ1) is 15.0. The molecular formula is C16H15Cl2N3O. The molecule has 0 aliphatic heterocycles. The smallest absolute Gasteiger partial charge is 0.251 e. The summed E-state index contributed by atoms with van der Waals surface area (Å²) >= 11 is 12.6. The number of nitrogen functional groups attached to an aromatic ring is 1. The van der Waals surface area contributed by atoms with Crippen molar-refractivity contribution in [3.63, 3.8) is 0 Å². The molecule has 2 heterocycles. The van der Waals surface area contributed by atoms with E-state index in [0.717, 1.165) is 11.0 Å². The van der Waals surface area contributed by atoms with Crippen LogP contribution in [0.25, 0.3) is 16.7 Å². The standard InChI is InChI=1S/C16H15Cl2N3O/c1-9(2)21-14-5-6-20(13(14)3-4-15(21)22)16-11(17)7-10(19)8-12(16)18/h3-9H,19H2,1-2H3. The van der Waals surface area contributed by atoms with E-state index in [1.165, 1.54) is 0 Å². The third-order valence-electron chi connectivity index (χ3n) is 3.58. The third kappa shape index (κ3) is 2.28. The van der Waals surface area contributed by atoms with E-state index in [0.29, 0.717) is 21.4 Å². The molecule has 0 amide bonds. The van der Waals surface area contributed by atoms with E-state index in [4.69, 9.17) is 28.9 Å². The minimum atomic E-state index is -0.0326. The topological polar surface area (TPSA) is 53.0 Å². The molecule has 6 heteroatoms. The first-order chi connectivity index (χ1) is 10.4. The summed E-state index contributed by atoms with van der Waals surface area (Å²) in [5.74, 6) is 0. The molecule has 0 unspecified atom stereocenters. The second-order valence-corrected chi connectivity index (χ2v) is 6.24. The number of nitrogens with two attached hydrogens (primary N) is 1. The van der Waals surface area contributed by atoms with Crippen LogP contribution in [0.15, 0.2) is 41.3 Å². The fourth-order valence-electron chi connectivity index (χ4n) is 2.70. The molecule has 0 aliphatic carbocycles. The van der Waals surface area contributed by atoms with Crippen LogP contribution in [0.4, 0.5) is 5.69 Å². The maximum atomic E-state index is 12.1. The monoisotopic (exact) mass is 335 g/mol. The molecule has 3 rings (SSSR count). The highest BCUT2D eigenvalue weighted by molar-refractivity contribution is 6.38. The van der Waals surface area contributed by atoms with Crippen LogP contribution in [0, 0.1) is 0 Å². The lowest BCUT2D eigenvalue weighted by atomic mass is 10.2. The number of halogens is 2. The zero-order chi connectivity index (χ0) is 16.0. The summed E-state index contributed by atoms with van der Waals surface area (Å²) in [7, 11) is 0. The minimum absolute atomic E-state index is 0.0326. The molecule has 22 heavy (non-hydrogen) atoms. The van der Waals surface area contributed by atoms with E-state index < -0.39 is 0 Å². The summed E-state index contributed by atoms with van der Waals surface area (Å²) < 4.78 is 3.61. The summed E-state index contributed by atoms with van der Waals surface area (Å²) in [6.45, 7) is 3.95. The molecule has 4 nitrogen and oxygen atoms in total. The third-order valence-corrected chi connectivity index (χ3v) is 4.16. The van der Waals surface area contributed by atoms with Gasteiger partial charge in [0.2, 0.25) is 0 Å². The molecule has 0 bridgehead atoms. The van der Waals surface area contributed by atoms with Crippen molar-refractivity contribution >= 4 is 39.9 Å². The van der Waals surface area contributed by atoms with Crippen LogP contribution >= 0.6 is 23.2 Å². The fraction of sp³-hybridized carbons (Fsp3) is 0.188. The summed E-state index contributed by atoms with van der Waals surface area (Å²) in [5, 5.41) is 0.926. The van der Waals surface area contributed by atoms with Crippen LogP contribution in [0.1, 0.15) is 19.9 Å². The van der Waals surface area contributed by atoms with Crippen LogP contribution in [-0.2, 0) is 0 Å². The predicted molar refractivity (Wildman–Crippen MR) is 92.4 cm³/mol. The van der Waals surface area contributed by atoms with E-state index >= 15 is 0 Å². The summed E-state index contributed by atoms with van der Waals surface area (Å²) in [6, 6.07) is 8.60. The number of hydrogen-bond acceptors (Lipinski definition) is 2. The van der Waals surface area contributed by atoms with Crippen LogP contribution in [0.5, 0.6) is 0 Å². The highest BCUT2D eigenvalue weighted by Crippen LogP contribution is 2.33. The van der Waals surface area contributed by atoms with Crippen LogP contribution < -0.4 is 11.3 Å². The van der Waals surface area contributed by atoms with Gasteiger partial charge in [0, 0.05) is 24.0 Å². The predicted octanol–water partition coefficient (Wildman–Crippen LogP) is 4.26. The first-order valence-corrected chi connectivity index (χ1v) is 7.63. The highest BCUT2D eigenvalue weighted by Gasteiger charge is 2.15. The minimum Gasteiger partial charge on any atom is -0.399 e. The van der Waals surface area contributed by atoms with Gasteiger partial charge < -0.3 is 14.9 Å². The number of nitrogens with zero attached hydrogens (tertiary/aromatic N) is 2. The van der Waals surface area contributed by atoms with Crippen molar-refractivity contribution in [3.05, 3.63) is 56.9 Å². The van der Waals surface area contributed by atoms with E-state index in [-0.39, 0.29) is 11.6 Å². The molecule has 0 spiro atoms. The normalized spacial score (nSPS) is 11.5. The number of anilines is 1. The van der Waals surface area contributed by atoms with Crippen molar-refractivity contribution in [3.8, 4) is 5.69 Å². The van der Waals surface area contributed by atoms with Crippen molar-refractivity contribution in [1.29, 1.82) is 0 Å². The number of rotatable bonds is 2. The molecule has 0 saturated carbocycles. The van der Waals surface area contributed by atoms with Gasteiger partial charge in [-0.2, -0.15) is 0 Å². The maximum Gasteiger partial charge on any atom is 0.251 e. The molecular weight excluding hydrogens is 321 g/mol. The number of fused-ring (bicyclic) bond motifs is 1. The van der Waals surface area contributed by atoms with Gasteiger partial charge in [-0.3, -0.25) is 4.79 Å². The molecule has 1 aromatic carbocycles. The van der Waals surface area contributed by atoms with Gasteiger partial charge in [-0.15, -0.1) is 0 Å². The molecule has 0 radical (unpaired) electrons. The van der Waals surface area contributed by atoms with Crippen molar-refractivity contribution in [1.82, 2.24) is 9.13 Å². The van der Waals surface area contributed by atoms with Crippen molar-refractivity contribution < 1.29 is 0 Å². The van der Waals surface area contributed by atoms with Gasteiger partial charge in [0.15, 0.2) is 0 Å². The number of aromatic nitrogens is 2. The maximum absolute atomic E-state index is 12.1. The van der Waals surface area contributed by atoms with Gasteiger partial charge >= 0.3 is 0 Å². The first-order valence-electron chi connectivity index (χ1n) is 6.87. The Bertz CT molecular complexity index is 902. The Kier molecular flexibility index (Phi) is 3.67. The molecule has 3 aromatic rings. The molecule has 0 aliphatic rings. The Labute approximate surface area is 137 Å². The van der Waals surface area contributed by atoms with Crippen molar-refractivity contribution in [2.24, 2.45) is 0 Å². The summed E-state index contributed by atoms with van der Waals surface area (Å²) in [6.07, 6.45) is 1.85. The lowest BCUT2D eigenvalue weighted by Gasteiger charge is -2.14. The average molecular weight is 336 g/mol. The Morgan fingerprint density at radius 1 is 1.05 bits per heavy atom. The second-order valence-electron chi connectivity index (χ2n) is 5.42. The fourth-order valence-corrected chi connectivity index (χ4v) is 3.38. The quantitative estimate of drug-likeness (QED) is 0.711. The van der Waals surface area contributed by atoms with Gasteiger partial charge in [0.1, 0.15) is 0 Å².